The number of carbonyl (C=O) groups excluding carboxylic acids is 1. The third kappa shape index (κ3) is 5.40. The molecule has 1 aliphatic heterocycles. The van der Waals surface area contributed by atoms with Crippen molar-refractivity contribution < 1.29 is 14.3 Å². The van der Waals surface area contributed by atoms with E-state index in [-0.39, 0.29) is 24.3 Å². The Kier molecular flexibility index (Phi) is 7.13. The second-order valence-electron chi connectivity index (χ2n) is 7.69. The summed E-state index contributed by atoms with van der Waals surface area (Å²) in [5.74, 6) is 1.89. The molecule has 3 aromatic carbocycles. The van der Waals surface area contributed by atoms with E-state index in [0.717, 1.165) is 17.0 Å². The average molecular weight is 527 g/mol. The fourth-order valence-corrected chi connectivity index (χ4v) is 4.85. The monoisotopic (exact) mass is 526 g/mol. The SMILES string of the molecule is O=C(CSc1nnc(COc2ccccc2Cl)n1-c1ccccc1)N[C@H]1COc2ccc(Cl)cc21. The molecule has 1 amide bonds. The lowest BCUT2D eigenvalue weighted by Crippen LogP contribution is -2.30. The summed E-state index contributed by atoms with van der Waals surface area (Å²) in [5.41, 5.74) is 1.74. The van der Waals surface area contributed by atoms with E-state index in [0.29, 0.717) is 33.4 Å². The number of benzene rings is 3. The molecule has 0 saturated carbocycles. The average Bonchev–Trinajstić information content (AvgIpc) is 3.46. The number of rotatable bonds is 8. The number of amides is 1. The lowest BCUT2D eigenvalue weighted by molar-refractivity contribution is -0.119. The van der Waals surface area contributed by atoms with Gasteiger partial charge in [0, 0.05) is 16.3 Å². The van der Waals surface area contributed by atoms with Crippen molar-refractivity contribution in [3.63, 3.8) is 0 Å². The van der Waals surface area contributed by atoms with Gasteiger partial charge in [-0.1, -0.05) is 65.3 Å². The quantitative estimate of drug-likeness (QED) is 0.305. The highest BCUT2D eigenvalue weighted by molar-refractivity contribution is 7.99. The van der Waals surface area contributed by atoms with Crippen LogP contribution in [0.15, 0.2) is 78.0 Å². The van der Waals surface area contributed by atoms with E-state index in [2.05, 4.69) is 15.5 Å². The molecule has 0 bridgehead atoms. The first kappa shape index (κ1) is 23.5. The van der Waals surface area contributed by atoms with Gasteiger partial charge in [0.1, 0.15) is 24.7 Å². The molecular weight excluding hydrogens is 507 g/mol. The van der Waals surface area contributed by atoms with Crippen LogP contribution in [0, 0.1) is 0 Å². The van der Waals surface area contributed by atoms with Crippen LogP contribution in [0.3, 0.4) is 0 Å². The van der Waals surface area contributed by atoms with Gasteiger partial charge in [-0.15, -0.1) is 10.2 Å². The van der Waals surface area contributed by atoms with Gasteiger partial charge in [-0.3, -0.25) is 9.36 Å². The standard InChI is InChI=1S/C25H20Cl2N4O3S/c26-16-10-11-21-18(12-16)20(13-33-21)28-24(32)15-35-25-30-29-23(31(25)17-6-2-1-3-7-17)14-34-22-9-5-4-8-19(22)27/h1-12,20H,13-15H2,(H,28,32)/t20-/m0/s1. The summed E-state index contributed by atoms with van der Waals surface area (Å²) in [6.07, 6.45) is 0. The van der Waals surface area contributed by atoms with Gasteiger partial charge in [0.25, 0.3) is 0 Å². The fraction of sp³-hybridized carbons (Fsp3) is 0.160. The molecule has 1 aliphatic rings. The number of thioether (sulfide) groups is 1. The van der Waals surface area contributed by atoms with Gasteiger partial charge in [-0.2, -0.15) is 0 Å². The first-order valence-corrected chi connectivity index (χ1v) is 12.5. The summed E-state index contributed by atoms with van der Waals surface area (Å²) < 4.78 is 13.4. The molecule has 5 rings (SSSR count). The minimum atomic E-state index is -0.247. The normalized spacial score (nSPS) is 14.3. The Balaban J connectivity index is 1.29. The number of aromatic nitrogens is 3. The number of hydrogen-bond donors (Lipinski definition) is 1. The number of para-hydroxylation sites is 2. The first-order valence-electron chi connectivity index (χ1n) is 10.8. The van der Waals surface area contributed by atoms with E-state index in [1.165, 1.54) is 11.8 Å². The van der Waals surface area contributed by atoms with E-state index >= 15 is 0 Å². The van der Waals surface area contributed by atoms with Crippen molar-refractivity contribution in [3.05, 3.63) is 94.2 Å². The van der Waals surface area contributed by atoms with E-state index in [9.17, 15) is 4.79 Å². The van der Waals surface area contributed by atoms with Crippen molar-refractivity contribution >= 4 is 40.9 Å². The highest BCUT2D eigenvalue weighted by Gasteiger charge is 2.26. The Labute approximate surface area is 216 Å². The van der Waals surface area contributed by atoms with Gasteiger partial charge in [-0.05, 0) is 42.5 Å². The molecule has 0 spiro atoms. The van der Waals surface area contributed by atoms with Crippen molar-refractivity contribution in [1.29, 1.82) is 0 Å². The number of nitrogens with zero attached hydrogens (tertiary/aromatic N) is 3. The first-order chi connectivity index (χ1) is 17.1. The van der Waals surface area contributed by atoms with Crippen LogP contribution in [-0.4, -0.2) is 33.0 Å². The fourth-order valence-electron chi connectivity index (χ4n) is 3.70. The maximum Gasteiger partial charge on any atom is 0.231 e. The minimum Gasteiger partial charge on any atom is -0.491 e. The molecule has 7 nitrogen and oxygen atoms in total. The summed E-state index contributed by atoms with van der Waals surface area (Å²) in [5, 5.41) is 13.3. The predicted octanol–water partition coefficient (Wildman–Crippen LogP) is 5.50. The van der Waals surface area contributed by atoms with Gasteiger partial charge in [-0.25, -0.2) is 0 Å². The number of carbonyl (C=O) groups is 1. The van der Waals surface area contributed by atoms with Crippen LogP contribution in [0.1, 0.15) is 17.4 Å². The van der Waals surface area contributed by atoms with E-state index in [1.807, 2.05) is 59.2 Å². The Bertz CT molecular complexity index is 1350. The summed E-state index contributed by atoms with van der Waals surface area (Å²) in [6, 6.07) is 22.1. The third-order valence-corrected chi connectivity index (χ3v) is 6.80. The van der Waals surface area contributed by atoms with Gasteiger partial charge in [0.05, 0.1) is 16.8 Å². The molecule has 1 N–H and O–H groups in total. The van der Waals surface area contributed by atoms with Crippen molar-refractivity contribution in [2.75, 3.05) is 12.4 Å². The van der Waals surface area contributed by atoms with Gasteiger partial charge >= 0.3 is 0 Å². The Morgan fingerprint density at radius 1 is 1.09 bits per heavy atom. The number of fused-ring (bicyclic) bond motifs is 1. The van der Waals surface area contributed by atoms with Crippen molar-refractivity contribution in [3.8, 4) is 17.2 Å². The van der Waals surface area contributed by atoms with E-state index in [1.54, 1.807) is 18.2 Å². The summed E-state index contributed by atoms with van der Waals surface area (Å²) in [6.45, 7) is 0.533. The lowest BCUT2D eigenvalue weighted by Gasteiger charge is -2.13. The van der Waals surface area contributed by atoms with Crippen LogP contribution in [0.5, 0.6) is 11.5 Å². The summed E-state index contributed by atoms with van der Waals surface area (Å²) in [4.78, 5) is 12.8. The Morgan fingerprint density at radius 2 is 1.89 bits per heavy atom. The molecule has 0 aliphatic carbocycles. The Hall–Kier alpha value is -3.20. The van der Waals surface area contributed by atoms with Crippen molar-refractivity contribution in [2.45, 2.75) is 17.8 Å². The molecule has 0 unspecified atom stereocenters. The molecule has 10 heteroatoms. The molecule has 1 atom stereocenters. The van der Waals surface area contributed by atoms with Crippen LogP contribution in [0.2, 0.25) is 10.0 Å². The molecule has 0 radical (unpaired) electrons. The minimum absolute atomic E-state index is 0.145. The maximum absolute atomic E-state index is 12.8. The number of halogens is 2. The molecular formula is C25H20Cl2N4O3S. The zero-order valence-electron chi connectivity index (χ0n) is 18.4. The van der Waals surface area contributed by atoms with Gasteiger partial charge in [0.2, 0.25) is 5.91 Å². The van der Waals surface area contributed by atoms with Crippen LogP contribution in [0.4, 0.5) is 0 Å². The summed E-state index contributed by atoms with van der Waals surface area (Å²) >= 11 is 13.6. The topological polar surface area (TPSA) is 78.3 Å². The molecule has 4 aromatic rings. The maximum atomic E-state index is 12.8. The second kappa shape index (κ2) is 10.6. The van der Waals surface area contributed by atoms with Crippen LogP contribution >= 0.6 is 35.0 Å². The second-order valence-corrected chi connectivity index (χ2v) is 9.48. The molecule has 0 saturated heterocycles. The van der Waals surface area contributed by atoms with Gasteiger partial charge < -0.3 is 14.8 Å². The van der Waals surface area contributed by atoms with Gasteiger partial charge in [0.15, 0.2) is 11.0 Å². The summed E-state index contributed by atoms with van der Waals surface area (Å²) in [7, 11) is 0. The molecule has 178 valence electrons. The van der Waals surface area contributed by atoms with Crippen molar-refractivity contribution in [1.82, 2.24) is 20.1 Å². The zero-order valence-corrected chi connectivity index (χ0v) is 20.7. The van der Waals surface area contributed by atoms with Crippen LogP contribution < -0.4 is 14.8 Å². The molecule has 2 heterocycles. The van der Waals surface area contributed by atoms with Crippen LogP contribution in [0.25, 0.3) is 5.69 Å². The van der Waals surface area contributed by atoms with E-state index in [4.69, 9.17) is 32.7 Å². The zero-order chi connectivity index (χ0) is 24.2. The Morgan fingerprint density at radius 3 is 2.71 bits per heavy atom. The van der Waals surface area contributed by atoms with Crippen molar-refractivity contribution in [2.24, 2.45) is 0 Å². The highest BCUT2D eigenvalue weighted by atomic mass is 35.5. The lowest BCUT2D eigenvalue weighted by atomic mass is 10.1. The number of nitrogens with one attached hydrogen (secondary N) is 1. The van der Waals surface area contributed by atoms with E-state index < -0.39 is 0 Å². The largest absolute Gasteiger partial charge is 0.491 e. The highest BCUT2D eigenvalue weighted by Crippen LogP contribution is 2.34. The smallest absolute Gasteiger partial charge is 0.231 e. The molecule has 1 aromatic heterocycles. The number of ether oxygens (including phenoxy) is 2. The molecule has 0 fully saturated rings. The van der Waals surface area contributed by atoms with Crippen LogP contribution in [-0.2, 0) is 11.4 Å². The third-order valence-electron chi connectivity index (χ3n) is 5.33. The molecule has 35 heavy (non-hydrogen) atoms. The predicted molar refractivity (Wildman–Crippen MR) is 136 cm³/mol. The number of hydrogen-bond acceptors (Lipinski definition) is 6.